The molecule has 0 saturated heterocycles. The Morgan fingerprint density at radius 2 is 1.90 bits per heavy atom. The van der Waals surface area contributed by atoms with Crippen LogP contribution in [-0.4, -0.2) is 8.42 Å². The number of hydrogen-bond donors (Lipinski definition) is 1. The number of aryl methyl sites for hydroxylation is 1. The van der Waals surface area contributed by atoms with Crippen LogP contribution < -0.4 is 4.72 Å². The largest absolute Gasteiger partial charge is 0.274 e. The second-order valence-electron chi connectivity index (χ2n) is 4.30. The number of nitrogens with one attached hydrogen (secondary N) is 1. The first-order valence-electron chi connectivity index (χ1n) is 5.83. The van der Waals surface area contributed by atoms with Crippen LogP contribution in [0.25, 0.3) is 0 Å². The van der Waals surface area contributed by atoms with Crippen molar-refractivity contribution in [2.45, 2.75) is 11.8 Å². The summed E-state index contributed by atoms with van der Waals surface area (Å²) in [6.07, 6.45) is 0. The van der Waals surface area contributed by atoms with Gasteiger partial charge in [0.05, 0.1) is 16.5 Å². The fourth-order valence-electron chi connectivity index (χ4n) is 1.68. The molecular weight excluding hydrogens is 298 g/mol. The molecule has 0 spiro atoms. The van der Waals surface area contributed by atoms with Gasteiger partial charge in [-0.2, -0.15) is 5.26 Å². The number of halogens is 2. The van der Waals surface area contributed by atoms with Crippen molar-refractivity contribution in [3.63, 3.8) is 0 Å². The quantitative estimate of drug-likeness (QED) is 0.947. The highest BCUT2D eigenvalue weighted by Crippen LogP contribution is 2.25. The van der Waals surface area contributed by atoms with E-state index in [0.29, 0.717) is 0 Å². The Bertz CT molecular complexity index is 843. The maximum absolute atomic E-state index is 13.8. The summed E-state index contributed by atoms with van der Waals surface area (Å²) in [7, 11) is -4.19. The lowest BCUT2D eigenvalue weighted by molar-refractivity contribution is 0.579. The maximum atomic E-state index is 13.8. The molecule has 7 heteroatoms. The topological polar surface area (TPSA) is 70.0 Å². The van der Waals surface area contributed by atoms with Gasteiger partial charge in [0.25, 0.3) is 10.0 Å². The molecule has 0 heterocycles. The van der Waals surface area contributed by atoms with Crippen LogP contribution in [0, 0.1) is 29.9 Å². The van der Waals surface area contributed by atoms with Crippen LogP contribution in [0.3, 0.4) is 0 Å². The molecular formula is C14H10F2N2O2S. The number of sulfonamides is 1. The van der Waals surface area contributed by atoms with Crippen LogP contribution in [-0.2, 0) is 10.0 Å². The Morgan fingerprint density at radius 1 is 1.19 bits per heavy atom. The molecule has 2 rings (SSSR count). The van der Waals surface area contributed by atoms with Crippen LogP contribution in [0.5, 0.6) is 0 Å². The van der Waals surface area contributed by atoms with E-state index in [9.17, 15) is 17.2 Å². The van der Waals surface area contributed by atoms with Crippen molar-refractivity contribution in [3.05, 3.63) is 59.2 Å². The lowest BCUT2D eigenvalue weighted by Crippen LogP contribution is -2.15. The average molecular weight is 308 g/mol. The van der Waals surface area contributed by atoms with E-state index in [1.54, 1.807) is 6.07 Å². The Hall–Kier alpha value is -2.46. The third kappa shape index (κ3) is 3.01. The number of rotatable bonds is 3. The zero-order valence-electron chi connectivity index (χ0n) is 10.9. The molecule has 0 aliphatic heterocycles. The molecule has 0 aliphatic rings. The second kappa shape index (κ2) is 5.50. The molecule has 0 aliphatic carbocycles. The third-order valence-electron chi connectivity index (χ3n) is 2.79. The number of hydrogen-bond acceptors (Lipinski definition) is 3. The van der Waals surface area contributed by atoms with E-state index < -0.39 is 27.3 Å². The first-order valence-corrected chi connectivity index (χ1v) is 7.31. The van der Waals surface area contributed by atoms with Crippen molar-refractivity contribution in [1.82, 2.24) is 0 Å². The first kappa shape index (κ1) is 14.9. The van der Waals surface area contributed by atoms with E-state index in [1.165, 1.54) is 31.2 Å². The Kier molecular flexibility index (Phi) is 3.91. The zero-order valence-corrected chi connectivity index (χ0v) is 11.7. The predicted octanol–water partition coefficient (Wildman–Crippen LogP) is 2.95. The summed E-state index contributed by atoms with van der Waals surface area (Å²) in [4.78, 5) is -0.248. The van der Waals surface area contributed by atoms with Gasteiger partial charge in [0, 0.05) is 0 Å². The lowest BCUT2D eigenvalue weighted by atomic mass is 10.2. The Balaban J connectivity index is 2.48. The SMILES string of the molecule is Cc1ccc(F)c(NS(=O)(=O)c2cccc(C#N)c2)c1F. The predicted molar refractivity (Wildman–Crippen MR) is 73.1 cm³/mol. The fraction of sp³-hybridized carbons (Fsp3) is 0.0714. The van der Waals surface area contributed by atoms with Gasteiger partial charge in [-0.05, 0) is 36.8 Å². The molecule has 0 unspecified atom stereocenters. The Labute approximate surface area is 120 Å². The monoisotopic (exact) mass is 308 g/mol. The molecule has 0 fully saturated rings. The number of anilines is 1. The van der Waals surface area contributed by atoms with Crippen molar-refractivity contribution in [2.75, 3.05) is 4.72 Å². The van der Waals surface area contributed by atoms with Gasteiger partial charge in [0.15, 0.2) is 5.82 Å². The van der Waals surface area contributed by atoms with Crippen molar-refractivity contribution in [1.29, 1.82) is 5.26 Å². The number of nitriles is 1. The third-order valence-corrected chi connectivity index (χ3v) is 4.14. The standard InChI is InChI=1S/C14H10F2N2O2S/c1-9-5-6-12(15)14(13(9)16)18-21(19,20)11-4-2-3-10(7-11)8-17/h2-7,18H,1H3. The maximum Gasteiger partial charge on any atom is 0.262 e. The van der Waals surface area contributed by atoms with Crippen molar-refractivity contribution < 1.29 is 17.2 Å². The zero-order chi connectivity index (χ0) is 15.6. The fourth-order valence-corrected chi connectivity index (χ4v) is 2.79. The molecule has 2 aromatic carbocycles. The van der Waals surface area contributed by atoms with E-state index in [0.717, 1.165) is 12.1 Å². The summed E-state index contributed by atoms with van der Waals surface area (Å²) >= 11 is 0. The van der Waals surface area contributed by atoms with Gasteiger partial charge in [-0.1, -0.05) is 12.1 Å². The van der Waals surface area contributed by atoms with Gasteiger partial charge in [0.2, 0.25) is 0 Å². The minimum absolute atomic E-state index is 0.111. The van der Waals surface area contributed by atoms with Crippen molar-refractivity contribution in [2.24, 2.45) is 0 Å². The molecule has 2 aromatic rings. The smallest absolute Gasteiger partial charge is 0.262 e. The highest BCUT2D eigenvalue weighted by molar-refractivity contribution is 7.92. The normalized spacial score (nSPS) is 11.0. The first-order chi connectivity index (χ1) is 9.85. The Morgan fingerprint density at radius 3 is 2.57 bits per heavy atom. The van der Waals surface area contributed by atoms with Crippen molar-refractivity contribution in [3.8, 4) is 6.07 Å². The van der Waals surface area contributed by atoms with Gasteiger partial charge >= 0.3 is 0 Å². The van der Waals surface area contributed by atoms with E-state index in [4.69, 9.17) is 5.26 Å². The summed E-state index contributed by atoms with van der Waals surface area (Å²) in [5.74, 6) is -1.99. The van der Waals surface area contributed by atoms with Crippen molar-refractivity contribution >= 4 is 15.7 Å². The lowest BCUT2D eigenvalue weighted by Gasteiger charge is -2.11. The molecule has 0 aromatic heterocycles. The summed E-state index contributed by atoms with van der Waals surface area (Å²) in [6.45, 7) is 1.39. The number of benzene rings is 2. The van der Waals surface area contributed by atoms with Crippen LogP contribution >= 0.6 is 0 Å². The highest BCUT2D eigenvalue weighted by atomic mass is 32.2. The van der Waals surface area contributed by atoms with Crippen LogP contribution in [0.2, 0.25) is 0 Å². The summed E-state index contributed by atoms with van der Waals surface area (Å²) in [5.41, 5.74) is -0.500. The summed E-state index contributed by atoms with van der Waals surface area (Å²) < 4.78 is 53.6. The van der Waals surface area contributed by atoms with E-state index in [2.05, 4.69) is 0 Å². The molecule has 1 N–H and O–H groups in total. The number of nitrogens with zero attached hydrogens (tertiary/aromatic N) is 1. The van der Waals surface area contributed by atoms with Gasteiger partial charge < -0.3 is 0 Å². The second-order valence-corrected chi connectivity index (χ2v) is 5.98. The molecule has 0 amide bonds. The van der Waals surface area contributed by atoms with Crippen LogP contribution in [0.1, 0.15) is 11.1 Å². The van der Waals surface area contributed by atoms with Gasteiger partial charge in [0.1, 0.15) is 11.5 Å². The highest BCUT2D eigenvalue weighted by Gasteiger charge is 2.20. The molecule has 0 bridgehead atoms. The minimum Gasteiger partial charge on any atom is -0.274 e. The minimum atomic E-state index is -4.19. The van der Waals surface area contributed by atoms with E-state index in [1.807, 2.05) is 4.72 Å². The van der Waals surface area contributed by atoms with Crippen LogP contribution in [0.4, 0.5) is 14.5 Å². The molecule has 0 saturated carbocycles. The van der Waals surface area contributed by atoms with Gasteiger partial charge in [-0.15, -0.1) is 0 Å². The van der Waals surface area contributed by atoms with Gasteiger partial charge in [-0.25, -0.2) is 17.2 Å². The molecule has 4 nitrogen and oxygen atoms in total. The molecule has 21 heavy (non-hydrogen) atoms. The van der Waals surface area contributed by atoms with E-state index >= 15 is 0 Å². The molecule has 0 radical (unpaired) electrons. The van der Waals surface area contributed by atoms with Crippen LogP contribution in [0.15, 0.2) is 41.3 Å². The van der Waals surface area contributed by atoms with Gasteiger partial charge in [-0.3, -0.25) is 4.72 Å². The molecule has 108 valence electrons. The average Bonchev–Trinajstić information content (AvgIpc) is 2.48. The molecule has 0 atom stereocenters. The van der Waals surface area contributed by atoms with E-state index in [-0.39, 0.29) is 16.0 Å². The summed E-state index contributed by atoms with van der Waals surface area (Å²) in [6, 6.07) is 9.12. The summed E-state index contributed by atoms with van der Waals surface area (Å²) in [5, 5.41) is 8.76.